The van der Waals surface area contributed by atoms with Crippen LogP contribution in [0.3, 0.4) is 0 Å². The molecule has 3 rings (SSSR count). The molecule has 0 radical (unpaired) electrons. The van der Waals surface area contributed by atoms with E-state index in [2.05, 4.69) is 22.9 Å². The number of hydrogen-bond acceptors (Lipinski definition) is 3. The third kappa shape index (κ3) is 3.32. The van der Waals surface area contributed by atoms with Crippen molar-refractivity contribution in [1.29, 1.82) is 0 Å². The Balaban J connectivity index is 1.43. The van der Waals surface area contributed by atoms with Crippen LogP contribution in [0.5, 0.6) is 5.88 Å². The van der Waals surface area contributed by atoms with Crippen molar-refractivity contribution in [3.8, 4) is 5.88 Å². The first kappa shape index (κ1) is 13.9. The van der Waals surface area contributed by atoms with Gasteiger partial charge in [-0.2, -0.15) is 0 Å². The van der Waals surface area contributed by atoms with Gasteiger partial charge >= 0.3 is 0 Å². The molecule has 0 amide bonds. The molecule has 0 N–H and O–H groups in total. The SMILES string of the molecule is Cc1cccnc1OCC1CCN(C2CCCC2)CC1. The number of hydrogen-bond donors (Lipinski definition) is 0. The fourth-order valence-corrected chi connectivity index (χ4v) is 3.57. The van der Waals surface area contributed by atoms with Crippen LogP contribution in [-0.2, 0) is 0 Å². The van der Waals surface area contributed by atoms with Crippen molar-refractivity contribution < 1.29 is 4.74 Å². The van der Waals surface area contributed by atoms with Crippen LogP contribution in [0.1, 0.15) is 44.1 Å². The van der Waals surface area contributed by atoms with E-state index in [-0.39, 0.29) is 0 Å². The zero-order valence-electron chi connectivity index (χ0n) is 12.6. The highest BCUT2D eigenvalue weighted by Crippen LogP contribution is 2.28. The summed E-state index contributed by atoms with van der Waals surface area (Å²) in [7, 11) is 0. The van der Waals surface area contributed by atoms with Gasteiger partial charge in [0.2, 0.25) is 5.88 Å². The van der Waals surface area contributed by atoms with E-state index in [1.165, 1.54) is 51.6 Å². The second-order valence-corrected chi connectivity index (χ2v) is 6.35. The summed E-state index contributed by atoms with van der Waals surface area (Å²) in [5.74, 6) is 1.51. The Bertz CT molecular complexity index is 421. The molecule has 1 aromatic heterocycles. The van der Waals surface area contributed by atoms with Crippen molar-refractivity contribution >= 4 is 0 Å². The molecule has 110 valence electrons. The summed E-state index contributed by atoms with van der Waals surface area (Å²) >= 11 is 0. The van der Waals surface area contributed by atoms with E-state index < -0.39 is 0 Å². The number of aromatic nitrogens is 1. The summed E-state index contributed by atoms with van der Waals surface area (Å²) in [6.07, 6.45) is 10.1. The zero-order chi connectivity index (χ0) is 13.8. The molecule has 1 aromatic rings. The van der Waals surface area contributed by atoms with Gasteiger partial charge in [-0.05, 0) is 57.7 Å². The molecule has 0 aromatic carbocycles. The van der Waals surface area contributed by atoms with E-state index in [4.69, 9.17) is 4.74 Å². The summed E-state index contributed by atoms with van der Waals surface area (Å²) in [5.41, 5.74) is 1.14. The van der Waals surface area contributed by atoms with Crippen molar-refractivity contribution in [3.63, 3.8) is 0 Å². The molecule has 1 aliphatic heterocycles. The first-order valence-electron chi connectivity index (χ1n) is 8.11. The molecule has 1 saturated heterocycles. The average Bonchev–Trinajstić information content (AvgIpc) is 3.01. The summed E-state index contributed by atoms with van der Waals surface area (Å²) < 4.78 is 5.91. The second-order valence-electron chi connectivity index (χ2n) is 6.35. The van der Waals surface area contributed by atoms with Gasteiger partial charge in [-0.15, -0.1) is 0 Å². The molecule has 3 nitrogen and oxygen atoms in total. The molecule has 3 heteroatoms. The summed E-state index contributed by atoms with van der Waals surface area (Å²) in [5, 5.41) is 0. The summed E-state index contributed by atoms with van der Waals surface area (Å²) in [6.45, 7) is 5.42. The molecular formula is C17H26N2O. The lowest BCUT2D eigenvalue weighted by molar-refractivity contribution is 0.107. The highest BCUT2D eigenvalue weighted by molar-refractivity contribution is 5.23. The third-order valence-corrected chi connectivity index (χ3v) is 4.91. The molecular weight excluding hydrogens is 248 g/mol. The Morgan fingerprint density at radius 3 is 2.65 bits per heavy atom. The smallest absolute Gasteiger partial charge is 0.216 e. The molecule has 20 heavy (non-hydrogen) atoms. The highest BCUT2D eigenvalue weighted by Gasteiger charge is 2.27. The van der Waals surface area contributed by atoms with E-state index in [1.54, 1.807) is 0 Å². The lowest BCUT2D eigenvalue weighted by Gasteiger charge is -2.35. The van der Waals surface area contributed by atoms with Gasteiger partial charge in [0.05, 0.1) is 6.61 Å². The third-order valence-electron chi connectivity index (χ3n) is 4.91. The normalized spacial score (nSPS) is 22.2. The van der Waals surface area contributed by atoms with Gasteiger partial charge in [0.15, 0.2) is 0 Å². The number of piperidine rings is 1. The minimum absolute atomic E-state index is 0.703. The first-order chi connectivity index (χ1) is 9.83. The monoisotopic (exact) mass is 274 g/mol. The minimum atomic E-state index is 0.703. The van der Waals surface area contributed by atoms with Crippen molar-refractivity contribution in [1.82, 2.24) is 9.88 Å². The maximum Gasteiger partial charge on any atom is 0.216 e. The standard InChI is InChI=1S/C17H26N2O/c1-14-5-4-10-18-17(14)20-13-15-8-11-19(12-9-15)16-6-2-3-7-16/h4-5,10,15-16H,2-3,6-9,11-13H2,1H3. The van der Waals surface area contributed by atoms with Crippen LogP contribution in [0.15, 0.2) is 18.3 Å². The number of aryl methyl sites for hydroxylation is 1. The molecule has 1 saturated carbocycles. The van der Waals surface area contributed by atoms with Crippen molar-refractivity contribution in [2.45, 2.75) is 51.5 Å². The number of likely N-dealkylation sites (tertiary alicyclic amines) is 1. The molecule has 0 spiro atoms. The van der Waals surface area contributed by atoms with Gasteiger partial charge < -0.3 is 9.64 Å². The van der Waals surface area contributed by atoms with Gasteiger partial charge in [0.25, 0.3) is 0 Å². The van der Waals surface area contributed by atoms with Gasteiger partial charge in [0.1, 0.15) is 0 Å². The fraction of sp³-hybridized carbons (Fsp3) is 0.706. The molecule has 2 heterocycles. The van der Waals surface area contributed by atoms with E-state index in [0.29, 0.717) is 5.92 Å². The predicted molar refractivity (Wildman–Crippen MR) is 81.0 cm³/mol. The average molecular weight is 274 g/mol. The maximum atomic E-state index is 5.91. The lowest BCUT2D eigenvalue weighted by atomic mass is 9.96. The van der Waals surface area contributed by atoms with Crippen molar-refractivity contribution in [2.75, 3.05) is 19.7 Å². The van der Waals surface area contributed by atoms with Crippen LogP contribution in [0.25, 0.3) is 0 Å². The van der Waals surface area contributed by atoms with Crippen LogP contribution < -0.4 is 4.74 Å². The van der Waals surface area contributed by atoms with Crippen LogP contribution >= 0.6 is 0 Å². The topological polar surface area (TPSA) is 25.4 Å². The Morgan fingerprint density at radius 1 is 1.20 bits per heavy atom. The second kappa shape index (κ2) is 6.57. The Kier molecular flexibility index (Phi) is 4.56. The van der Waals surface area contributed by atoms with Crippen molar-refractivity contribution in [2.24, 2.45) is 5.92 Å². The quantitative estimate of drug-likeness (QED) is 0.841. The number of pyridine rings is 1. The first-order valence-corrected chi connectivity index (χ1v) is 8.11. The molecule has 1 aliphatic carbocycles. The highest BCUT2D eigenvalue weighted by atomic mass is 16.5. The maximum absolute atomic E-state index is 5.91. The van der Waals surface area contributed by atoms with E-state index in [1.807, 2.05) is 12.3 Å². The fourth-order valence-electron chi connectivity index (χ4n) is 3.57. The van der Waals surface area contributed by atoms with E-state index in [9.17, 15) is 0 Å². The molecule has 2 fully saturated rings. The van der Waals surface area contributed by atoms with E-state index in [0.717, 1.165) is 24.1 Å². The molecule has 0 atom stereocenters. The Hall–Kier alpha value is -1.09. The number of ether oxygens (including phenoxy) is 1. The number of rotatable bonds is 4. The molecule has 0 bridgehead atoms. The van der Waals surface area contributed by atoms with Crippen LogP contribution in [0, 0.1) is 12.8 Å². The van der Waals surface area contributed by atoms with Crippen molar-refractivity contribution in [3.05, 3.63) is 23.9 Å². The Morgan fingerprint density at radius 2 is 1.95 bits per heavy atom. The minimum Gasteiger partial charge on any atom is -0.477 e. The Labute approximate surface area is 122 Å². The van der Waals surface area contributed by atoms with Gasteiger partial charge in [0, 0.05) is 17.8 Å². The van der Waals surface area contributed by atoms with Gasteiger partial charge in [-0.1, -0.05) is 18.9 Å². The zero-order valence-corrected chi connectivity index (χ0v) is 12.6. The lowest BCUT2D eigenvalue weighted by Crippen LogP contribution is -2.41. The van der Waals surface area contributed by atoms with Gasteiger partial charge in [-0.25, -0.2) is 4.98 Å². The van der Waals surface area contributed by atoms with E-state index >= 15 is 0 Å². The summed E-state index contributed by atoms with van der Waals surface area (Å²) in [4.78, 5) is 7.03. The van der Waals surface area contributed by atoms with Crippen LogP contribution in [-0.4, -0.2) is 35.6 Å². The predicted octanol–water partition coefficient (Wildman–Crippen LogP) is 3.42. The number of nitrogens with zero attached hydrogens (tertiary/aromatic N) is 2. The van der Waals surface area contributed by atoms with Crippen LogP contribution in [0.2, 0.25) is 0 Å². The largest absolute Gasteiger partial charge is 0.477 e. The molecule has 2 aliphatic rings. The van der Waals surface area contributed by atoms with Gasteiger partial charge in [-0.3, -0.25) is 0 Å². The molecule has 0 unspecified atom stereocenters. The van der Waals surface area contributed by atoms with Crippen LogP contribution in [0.4, 0.5) is 0 Å². The summed E-state index contributed by atoms with van der Waals surface area (Å²) in [6, 6.07) is 4.91.